The molecule has 8 heteroatoms. The van der Waals surface area contributed by atoms with E-state index in [9.17, 15) is 9.59 Å². The second kappa shape index (κ2) is 26.9. The summed E-state index contributed by atoms with van der Waals surface area (Å²) in [6.07, 6.45) is 17.3. The number of unbranched alkanes of at least 4 members (excludes halogenated alkanes) is 12. The molecule has 178 valence electrons. The van der Waals surface area contributed by atoms with Gasteiger partial charge in [0, 0.05) is 12.8 Å². The third kappa shape index (κ3) is 40.5. The Labute approximate surface area is 180 Å². The van der Waals surface area contributed by atoms with Crippen molar-refractivity contribution in [1.29, 1.82) is 0 Å². The molecule has 0 saturated carbocycles. The molecule has 0 aliphatic rings. The Morgan fingerprint density at radius 2 is 0.667 bits per heavy atom. The molecule has 0 bridgehead atoms. The summed E-state index contributed by atoms with van der Waals surface area (Å²) < 4.78 is 0. The average molecular weight is 435 g/mol. The number of carboxylic acids is 4. The van der Waals surface area contributed by atoms with E-state index in [0.29, 0.717) is 12.8 Å². The lowest BCUT2D eigenvalue weighted by Gasteiger charge is -1.98. The zero-order valence-corrected chi connectivity index (χ0v) is 18.7. The van der Waals surface area contributed by atoms with Crippen LogP contribution in [0.15, 0.2) is 0 Å². The minimum absolute atomic E-state index is 0.341. The van der Waals surface area contributed by atoms with Crippen LogP contribution in [0.4, 0.5) is 0 Å². The van der Waals surface area contributed by atoms with Crippen LogP contribution in [0.2, 0.25) is 0 Å². The van der Waals surface area contributed by atoms with Gasteiger partial charge in [0.2, 0.25) is 0 Å². The zero-order valence-electron chi connectivity index (χ0n) is 18.7. The molecule has 0 amide bonds. The summed E-state index contributed by atoms with van der Waals surface area (Å²) in [6, 6.07) is 0. The maximum Gasteiger partial charge on any atom is 0.414 e. The van der Waals surface area contributed by atoms with Crippen LogP contribution in [0.3, 0.4) is 0 Å². The highest BCUT2D eigenvalue weighted by molar-refractivity contribution is 6.27. The molecular formula is C22H42O8. The van der Waals surface area contributed by atoms with Gasteiger partial charge >= 0.3 is 23.9 Å². The Morgan fingerprint density at radius 3 is 0.867 bits per heavy atom. The molecule has 0 aromatic rings. The Morgan fingerprint density at radius 1 is 0.433 bits per heavy atom. The smallest absolute Gasteiger partial charge is 0.414 e. The molecule has 0 aromatic carbocycles. The van der Waals surface area contributed by atoms with Crippen molar-refractivity contribution < 1.29 is 39.6 Å². The number of carboxylic acid groups (broad SMARTS) is 4. The molecule has 0 aliphatic heterocycles. The monoisotopic (exact) mass is 434 g/mol. The topological polar surface area (TPSA) is 149 Å². The lowest BCUT2D eigenvalue weighted by molar-refractivity contribution is -0.159. The van der Waals surface area contributed by atoms with E-state index in [-0.39, 0.29) is 0 Å². The molecule has 8 nitrogen and oxygen atoms in total. The number of hydrogen-bond acceptors (Lipinski definition) is 4. The minimum Gasteiger partial charge on any atom is -0.481 e. The van der Waals surface area contributed by atoms with Gasteiger partial charge in [-0.3, -0.25) is 9.59 Å². The van der Waals surface area contributed by atoms with Crippen molar-refractivity contribution in [3.8, 4) is 0 Å². The SMILES string of the molecule is CCCCCCCCCC(=O)O.CCCCCCCCCC(=O)O.O=C(O)C(=O)O. The van der Waals surface area contributed by atoms with Crippen molar-refractivity contribution in [3.05, 3.63) is 0 Å². The highest BCUT2D eigenvalue weighted by Gasteiger charge is 2.04. The van der Waals surface area contributed by atoms with Gasteiger partial charge in [0.15, 0.2) is 0 Å². The van der Waals surface area contributed by atoms with Crippen LogP contribution < -0.4 is 0 Å². The number of hydrogen-bond donors (Lipinski definition) is 4. The average Bonchev–Trinajstić information content (AvgIpc) is 2.67. The van der Waals surface area contributed by atoms with Gasteiger partial charge in [-0.15, -0.1) is 0 Å². The summed E-state index contributed by atoms with van der Waals surface area (Å²) in [5.41, 5.74) is 0. The van der Waals surface area contributed by atoms with Crippen LogP contribution in [0.25, 0.3) is 0 Å². The summed E-state index contributed by atoms with van der Waals surface area (Å²) in [6.45, 7) is 4.40. The number of carbonyl (C=O) groups is 4. The maximum absolute atomic E-state index is 10.1. The lowest BCUT2D eigenvalue weighted by Crippen LogP contribution is -2.09. The zero-order chi connectivity index (χ0) is 23.6. The first kappa shape index (κ1) is 32.5. The van der Waals surface area contributed by atoms with E-state index < -0.39 is 23.9 Å². The predicted octanol–water partition coefficient (Wildman–Crippen LogP) is 5.58. The van der Waals surface area contributed by atoms with E-state index >= 15 is 0 Å². The van der Waals surface area contributed by atoms with Gasteiger partial charge in [-0.05, 0) is 12.8 Å². The Bertz CT molecular complexity index is 395. The van der Waals surface area contributed by atoms with Gasteiger partial charge in [0.1, 0.15) is 0 Å². The van der Waals surface area contributed by atoms with E-state index in [4.69, 9.17) is 30.0 Å². The second-order valence-corrected chi connectivity index (χ2v) is 7.14. The molecule has 30 heavy (non-hydrogen) atoms. The fourth-order valence-corrected chi connectivity index (χ4v) is 2.47. The van der Waals surface area contributed by atoms with Gasteiger partial charge < -0.3 is 20.4 Å². The molecule has 0 heterocycles. The van der Waals surface area contributed by atoms with Crippen molar-refractivity contribution in [1.82, 2.24) is 0 Å². The third-order valence-electron chi connectivity index (χ3n) is 4.17. The van der Waals surface area contributed by atoms with Crippen LogP contribution >= 0.6 is 0 Å². The fraction of sp³-hybridized carbons (Fsp3) is 0.818. The first-order valence-electron chi connectivity index (χ1n) is 11.1. The van der Waals surface area contributed by atoms with Gasteiger partial charge in [-0.25, -0.2) is 9.59 Å². The van der Waals surface area contributed by atoms with Crippen LogP contribution in [0, 0.1) is 0 Å². The normalized spacial score (nSPS) is 9.53. The summed E-state index contributed by atoms with van der Waals surface area (Å²) in [4.78, 5) is 38.5. The van der Waals surface area contributed by atoms with E-state index in [0.717, 1.165) is 25.7 Å². The largest absolute Gasteiger partial charge is 0.481 e. The quantitative estimate of drug-likeness (QED) is 0.182. The maximum atomic E-state index is 10.1. The Kier molecular flexibility index (Phi) is 29.2. The molecule has 4 N–H and O–H groups in total. The summed E-state index contributed by atoms with van der Waals surface area (Å²) in [7, 11) is 0. The molecular weight excluding hydrogens is 392 g/mol. The standard InChI is InChI=1S/2C10H20O2.C2H2O4/c2*1-2-3-4-5-6-7-8-9-10(11)12;3-1(4)2(5)6/h2*2-9H2,1H3,(H,11,12);(H,3,4)(H,5,6). The molecule has 0 spiro atoms. The van der Waals surface area contributed by atoms with Crippen LogP contribution in [-0.2, 0) is 19.2 Å². The van der Waals surface area contributed by atoms with Crippen molar-refractivity contribution >= 4 is 23.9 Å². The summed E-state index contributed by atoms with van der Waals surface area (Å²) in [5.74, 6) is -4.97. The second-order valence-electron chi connectivity index (χ2n) is 7.14. The Balaban J connectivity index is -0.000000386. The van der Waals surface area contributed by atoms with Crippen molar-refractivity contribution in [2.75, 3.05) is 0 Å². The molecule has 0 unspecified atom stereocenters. The van der Waals surface area contributed by atoms with Gasteiger partial charge in [-0.1, -0.05) is 90.9 Å². The summed E-state index contributed by atoms with van der Waals surface area (Å²) in [5, 5.41) is 31.5. The van der Waals surface area contributed by atoms with E-state index in [2.05, 4.69) is 13.8 Å². The van der Waals surface area contributed by atoms with Crippen molar-refractivity contribution in [2.45, 2.75) is 117 Å². The van der Waals surface area contributed by atoms with Crippen molar-refractivity contribution in [2.24, 2.45) is 0 Å². The number of rotatable bonds is 16. The van der Waals surface area contributed by atoms with Crippen LogP contribution in [0.5, 0.6) is 0 Å². The predicted molar refractivity (Wildman–Crippen MR) is 116 cm³/mol. The van der Waals surface area contributed by atoms with Crippen LogP contribution in [0.1, 0.15) is 117 Å². The van der Waals surface area contributed by atoms with E-state index in [1.807, 2.05) is 0 Å². The molecule has 0 rings (SSSR count). The first-order valence-corrected chi connectivity index (χ1v) is 11.1. The molecule has 0 atom stereocenters. The van der Waals surface area contributed by atoms with E-state index in [1.165, 1.54) is 64.2 Å². The fourth-order valence-electron chi connectivity index (χ4n) is 2.47. The van der Waals surface area contributed by atoms with Gasteiger partial charge in [0.05, 0.1) is 0 Å². The minimum atomic E-state index is -1.82. The highest BCUT2D eigenvalue weighted by Crippen LogP contribution is 2.08. The molecule has 0 radical (unpaired) electrons. The van der Waals surface area contributed by atoms with Gasteiger partial charge in [-0.2, -0.15) is 0 Å². The first-order chi connectivity index (χ1) is 14.2. The number of aliphatic carboxylic acids is 4. The summed E-state index contributed by atoms with van der Waals surface area (Å²) >= 11 is 0. The molecule has 0 fully saturated rings. The van der Waals surface area contributed by atoms with Crippen molar-refractivity contribution in [3.63, 3.8) is 0 Å². The molecule has 0 aliphatic carbocycles. The third-order valence-corrected chi connectivity index (χ3v) is 4.17. The molecule has 0 saturated heterocycles. The Hall–Kier alpha value is -2.12. The lowest BCUT2D eigenvalue weighted by atomic mass is 10.1. The van der Waals surface area contributed by atoms with Crippen LogP contribution in [-0.4, -0.2) is 44.3 Å². The molecule has 0 aromatic heterocycles. The van der Waals surface area contributed by atoms with Gasteiger partial charge in [0.25, 0.3) is 0 Å². The van der Waals surface area contributed by atoms with E-state index in [1.54, 1.807) is 0 Å². The highest BCUT2D eigenvalue weighted by atomic mass is 16.4.